The zero-order valence-corrected chi connectivity index (χ0v) is 43.6. The SMILES string of the molecule is C.CC1(C)OB(B2OC(C)(C)C(C)(C)O2)OC1(C)C.CC1(C)OB(c2ccc3c(c2)C2CCC(C3)N2C(=O)c2ccccc2)OC1(C)C.O=C(c1ccccc1)N1C2CCC1c1cc(Br)ccc1C2. The lowest BCUT2D eigenvalue weighted by molar-refractivity contribution is 0.00578. The van der Waals surface area contributed by atoms with Gasteiger partial charge in [-0.3, -0.25) is 9.59 Å². The fourth-order valence-corrected chi connectivity index (χ4v) is 11.0. The van der Waals surface area contributed by atoms with Gasteiger partial charge in [0, 0.05) is 27.7 Å². The van der Waals surface area contributed by atoms with Crippen LogP contribution < -0.4 is 5.46 Å². The van der Waals surface area contributed by atoms with Crippen LogP contribution in [0.4, 0.5) is 0 Å². The molecular formula is C55H72B3BrN2O8. The molecule has 0 spiro atoms. The van der Waals surface area contributed by atoms with E-state index >= 15 is 0 Å². The summed E-state index contributed by atoms with van der Waals surface area (Å²) in [5.41, 5.74) is 5.80. The number of halogens is 1. The van der Waals surface area contributed by atoms with Crippen LogP contribution in [0, 0.1) is 0 Å². The van der Waals surface area contributed by atoms with Gasteiger partial charge < -0.3 is 37.7 Å². The van der Waals surface area contributed by atoms with Crippen molar-refractivity contribution in [2.45, 2.75) is 187 Å². The van der Waals surface area contributed by atoms with Crippen LogP contribution >= 0.6 is 15.9 Å². The summed E-state index contributed by atoms with van der Waals surface area (Å²) in [7, 11) is -1.32. The van der Waals surface area contributed by atoms with E-state index in [0.29, 0.717) is 12.1 Å². The summed E-state index contributed by atoms with van der Waals surface area (Å²) < 4.78 is 37.5. The van der Waals surface area contributed by atoms with Gasteiger partial charge in [-0.1, -0.05) is 84.0 Å². The first-order valence-electron chi connectivity index (χ1n) is 24.6. The van der Waals surface area contributed by atoms with Gasteiger partial charge in [0.05, 0.1) is 45.7 Å². The molecule has 0 aliphatic carbocycles. The molecule has 4 bridgehead atoms. The van der Waals surface area contributed by atoms with E-state index in [1.165, 1.54) is 22.3 Å². The van der Waals surface area contributed by atoms with Gasteiger partial charge in [0.2, 0.25) is 0 Å². The first-order valence-corrected chi connectivity index (χ1v) is 25.4. The smallest absolute Gasteiger partial charge is 0.405 e. The maximum absolute atomic E-state index is 13.3. The van der Waals surface area contributed by atoms with Crippen molar-refractivity contribution < 1.29 is 37.5 Å². The summed E-state index contributed by atoms with van der Waals surface area (Å²) in [6.45, 7) is 24.5. The Morgan fingerprint density at radius 2 is 0.855 bits per heavy atom. The molecule has 14 heteroatoms. The van der Waals surface area contributed by atoms with Crippen molar-refractivity contribution in [1.29, 1.82) is 0 Å². The fourth-order valence-electron chi connectivity index (χ4n) is 10.7. The van der Waals surface area contributed by atoms with Crippen LogP contribution in [0.5, 0.6) is 0 Å². The van der Waals surface area contributed by atoms with Crippen LogP contribution in [0.15, 0.2) is 102 Å². The Labute approximate surface area is 421 Å². The lowest BCUT2D eigenvalue weighted by Gasteiger charge is -2.37. The maximum atomic E-state index is 13.3. The molecule has 7 aliphatic rings. The Balaban J connectivity index is 0.000000143. The number of fused-ring (bicyclic) bond motifs is 8. The summed E-state index contributed by atoms with van der Waals surface area (Å²) in [5, 5.41) is 0. The maximum Gasteiger partial charge on any atom is 0.494 e. The van der Waals surface area contributed by atoms with E-state index in [9.17, 15) is 9.59 Å². The van der Waals surface area contributed by atoms with Crippen molar-refractivity contribution in [3.63, 3.8) is 0 Å². The number of amides is 2. The van der Waals surface area contributed by atoms with Gasteiger partial charge >= 0.3 is 21.1 Å². The van der Waals surface area contributed by atoms with Crippen molar-refractivity contribution >= 4 is 54.3 Å². The van der Waals surface area contributed by atoms with Crippen LogP contribution in [0.25, 0.3) is 0 Å². The summed E-state index contributed by atoms with van der Waals surface area (Å²) in [6.07, 6.45) is 6.17. The molecule has 7 heterocycles. The predicted molar refractivity (Wildman–Crippen MR) is 279 cm³/mol. The minimum atomic E-state index is -0.476. The normalized spacial score (nSPS) is 26.5. The number of benzene rings is 4. The third-order valence-corrected chi connectivity index (χ3v) is 17.2. The van der Waals surface area contributed by atoms with Gasteiger partial charge in [-0.05, 0) is 186 Å². The van der Waals surface area contributed by atoms with E-state index in [-0.39, 0.29) is 72.0 Å². The number of carbonyl (C=O) groups is 2. The molecule has 5 fully saturated rings. The standard InChI is InChI=1S/C24H28BNO3.C18H16BrNO.C12H24B2O4.CH4/c1-23(2)24(3,4)29-25(28-23)18-11-10-17-14-19-12-13-21(20(17)15-18)26(19)22(27)16-8-6-5-7-9-16;19-14-7-6-13-10-15-8-9-17(16(13)11-14)20(15)18(21)12-4-2-1-3-5-12;1-9(2)10(3,4)16-13(15-9)14-17-11(5,6)12(7,8)18-14;/h5-11,15,19,21H,12-14H2,1-4H3;1-7,11,15,17H,8-10H2;1-8H3;1H4. The average Bonchev–Trinajstić information content (AvgIpc) is 3.99. The molecule has 2 amide bonds. The van der Waals surface area contributed by atoms with Crippen LogP contribution in [0.3, 0.4) is 0 Å². The second kappa shape index (κ2) is 18.7. The topological polar surface area (TPSA) is 96.0 Å². The minimum Gasteiger partial charge on any atom is -0.405 e. The number of hydrogen-bond acceptors (Lipinski definition) is 8. The Kier molecular flexibility index (Phi) is 14.0. The molecule has 0 saturated carbocycles. The van der Waals surface area contributed by atoms with Crippen molar-refractivity contribution in [2.75, 3.05) is 0 Å². The molecule has 366 valence electrons. The van der Waals surface area contributed by atoms with Gasteiger partial charge in [-0.2, -0.15) is 0 Å². The lowest BCUT2D eigenvalue weighted by Crippen LogP contribution is -2.43. The molecular weight excluding hydrogens is 929 g/mol. The quantitative estimate of drug-likeness (QED) is 0.187. The molecule has 4 aromatic rings. The van der Waals surface area contributed by atoms with Gasteiger partial charge in [0.15, 0.2) is 0 Å². The Morgan fingerprint density at radius 1 is 0.493 bits per heavy atom. The van der Waals surface area contributed by atoms with E-state index in [4.69, 9.17) is 27.9 Å². The van der Waals surface area contributed by atoms with E-state index in [1.807, 2.05) is 116 Å². The zero-order chi connectivity index (χ0) is 48.8. The van der Waals surface area contributed by atoms with Crippen LogP contribution in [0.2, 0.25) is 0 Å². The Bertz CT molecular complexity index is 2460. The molecule has 0 N–H and O–H groups in total. The number of rotatable bonds is 4. The molecule has 4 aromatic carbocycles. The van der Waals surface area contributed by atoms with Crippen LogP contribution in [-0.4, -0.2) is 88.4 Å². The fraction of sp³-hybridized carbons (Fsp3) is 0.527. The third-order valence-electron chi connectivity index (χ3n) is 16.7. The van der Waals surface area contributed by atoms with Gasteiger partial charge in [0.1, 0.15) is 0 Å². The second-order valence-corrected chi connectivity index (χ2v) is 23.6. The highest BCUT2D eigenvalue weighted by Gasteiger charge is 2.64. The molecule has 11 rings (SSSR count). The largest absolute Gasteiger partial charge is 0.494 e. The highest BCUT2D eigenvalue weighted by Crippen LogP contribution is 2.47. The summed E-state index contributed by atoms with van der Waals surface area (Å²) in [4.78, 5) is 30.4. The molecule has 0 radical (unpaired) electrons. The zero-order valence-electron chi connectivity index (χ0n) is 42.1. The van der Waals surface area contributed by atoms with Crippen LogP contribution in [-0.2, 0) is 40.8 Å². The van der Waals surface area contributed by atoms with E-state index in [2.05, 4.69) is 89.8 Å². The van der Waals surface area contributed by atoms with E-state index in [0.717, 1.165) is 59.6 Å². The van der Waals surface area contributed by atoms with Crippen molar-refractivity contribution in [2.24, 2.45) is 0 Å². The average molecular weight is 1000 g/mol. The summed E-state index contributed by atoms with van der Waals surface area (Å²) in [6, 6.07) is 33.4. The lowest BCUT2D eigenvalue weighted by atomic mass is 9.49. The number of carbonyl (C=O) groups excluding carboxylic acids is 2. The van der Waals surface area contributed by atoms with Gasteiger partial charge in [-0.15, -0.1) is 0 Å². The number of nitrogens with zero attached hydrogens (tertiary/aromatic N) is 2. The van der Waals surface area contributed by atoms with Gasteiger partial charge in [0.25, 0.3) is 11.8 Å². The molecule has 0 aromatic heterocycles. The third kappa shape index (κ3) is 9.58. The minimum absolute atomic E-state index is 0. The van der Waals surface area contributed by atoms with E-state index in [1.54, 1.807) is 0 Å². The van der Waals surface area contributed by atoms with Crippen molar-refractivity contribution in [3.05, 3.63) is 135 Å². The summed E-state index contributed by atoms with van der Waals surface area (Å²) in [5.74, 6) is 0.318. The highest BCUT2D eigenvalue weighted by atomic mass is 79.9. The monoisotopic (exact) mass is 1000 g/mol. The molecule has 10 nitrogen and oxygen atoms in total. The highest BCUT2D eigenvalue weighted by molar-refractivity contribution is 9.10. The summed E-state index contributed by atoms with van der Waals surface area (Å²) >= 11 is 3.56. The van der Waals surface area contributed by atoms with Crippen molar-refractivity contribution in [1.82, 2.24) is 9.80 Å². The molecule has 69 heavy (non-hydrogen) atoms. The predicted octanol–water partition coefficient (Wildman–Crippen LogP) is 11.1. The van der Waals surface area contributed by atoms with Crippen molar-refractivity contribution in [3.8, 4) is 0 Å². The molecule has 4 atom stereocenters. The first-order chi connectivity index (χ1) is 31.9. The molecule has 5 saturated heterocycles. The number of hydrogen-bond donors (Lipinski definition) is 0. The second-order valence-electron chi connectivity index (χ2n) is 22.7. The Hall–Kier alpha value is -3.75. The first kappa shape index (κ1) is 51.6. The Morgan fingerprint density at radius 3 is 1.26 bits per heavy atom. The molecule has 7 aliphatic heterocycles. The van der Waals surface area contributed by atoms with E-state index < -0.39 is 14.0 Å². The van der Waals surface area contributed by atoms with Crippen LogP contribution in [0.1, 0.15) is 171 Å². The van der Waals surface area contributed by atoms with Gasteiger partial charge in [-0.25, -0.2) is 0 Å². The molecule has 4 unspecified atom stereocenters.